The number of hydrogen-bond donors (Lipinski definition) is 2. The number of likely N-dealkylation sites (tertiary alicyclic amines) is 1. The van der Waals surface area contributed by atoms with Crippen molar-refractivity contribution in [1.29, 1.82) is 5.26 Å². The normalized spacial score (nSPS) is 22.2. The molecule has 3 unspecified atom stereocenters. The first kappa shape index (κ1) is 30.5. The van der Waals surface area contributed by atoms with Crippen molar-refractivity contribution in [3.05, 3.63) is 53.7 Å². The number of aliphatic hydroxyl groups is 1. The second-order valence-electron chi connectivity index (χ2n) is 11.9. The molecule has 0 spiro atoms. The van der Waals surface area contributed by atoms with Crippen LogP contribution in [0.5, 0.6) is 6.01 Å². The number of piperazine rings is 1. The van der Waals surface area contributed by atoms with E-state index in [1.807, 2.05) is 0 Å². The van der Waals surface area contributed by atoms with E-state index in [0.29, 0.717) is 45.4 Å². The van der Waals surface area contributed by atoms with Gasteiger partial charge in [-0.1, -0.05) is 36.4 Å². The predicted molar refractivity (Wildman–Crippen MR) is 169 cm³/mol. The number of anilines is 2. The molecule has 4 heterocycles. The zero-order chi connectivity index (χ0) is 30.3. The van der Waals surface area contributed by atoms with Gasteiger partial charge in [0.2, 0.25) is 0 Å². The molecule has 2 fully saturated rings. The van der Waals surface area contributed by atoms with Crippen LogP contribution >= 0.6 is 0 Å². The van der Waals surface area contributed by atoms with Crippen molar-refractivity contribution in [2.75, 3.05) is 82.6 Å². The first-order valence-corrected chi connectivity index (χ1v) is 15.7. The van der Waals surface area contributed by atoms with Crippen LogP contribution in [-0.4, -0.2) is 111 Å². The molecule has 6 rings (SSSR count). The van der Waals surface area contributed by atoms with E-state index >= 15 is 0 Å². The van der Waals surface area contributed by atoms with Crippen LogP contribution in [0.15, 0.2) is 42.5 Å². The summed E-state index contributed by atoms with van der Waals surface area (Å²) in [6.45, 7) is 6.56. The summed E-state index contributed by atoms with van der Waals surface area (Å²) in [6.07, 6.45) is 2.27. The highest BCUT2D eigenvalue weighted by atomic mass is 16.5. The van der Waals surface area contributed by atoms with Crippen molar-refractivity contribution in [2.24, 2.45) is 0 Å². The molecule has 2 aromatic carbocycles. The first-order valence-electron chi connectivity index (χ1n) is 15.7. The van der Waals surface area contributed by atoms with Gasteiger partial charge < -0.3 is 34.4 Å². The minimum Gasteiger partial charge on any atom is -0.462 e. The lowest BCUT2D eigenvalue weighted by molar-refractivity contribution is 0.00184. The fourth-order valence-corrected chi connectivity index (χ4v) is 6.62. The number of hydrogen-bond acceptors (Lipinski definition) is 11. The van der Waals surface area contributed by atoms with Crippen LogP contribution in [0.25, 0.3) is 10.8 Å². The second-order valence-corrected chi connectivity index (χ2v) is 11.9. The van der Waals surface area contributed by atoms with Crippen LogP contribution in [0.3, 0.4) is 0 Å². The number of likely N-dealkylation sites (N-methyl/N-ethyl adjacent to an activating group) is 1. The molecule has 3 atom stereocenters. The summed E-state index contributed by atoms with van der Waals surface area (Å²) in [5, 5.41) is 24.2. The molecule has 3 aliphatic heterocycles. The number of rotatable bonds is 12. The van der Waals surface area contributed by atoms with Gasteiger partial charge in [-0.15, -0.1) is 0 Å². The number of nitriles is 1. The van der Waals surface area contributed by atoms with Gasteiger partial charge in [-0.2, -0.15) is 15.2 Å². The lowest BCUT2D eigenvalue weighted by Crippen LogP contribution is -2.51. The van der Waals surface area contributed by atoms with E-state index in [1.54, 1.807) is 0 Å². The molecule has 1 aromatic heterocycles. The van der Waals surface area contributed by atoms with Crippen molar-refractivity contribution in [1.82, 2.24) is 20.2 Å². The lowest BCUT2D eigenvalue weighted by Gasteiger charge is -2.37. The molecule has 3 aromatic rings. The van der Waals surface area contributed by atoms with E-state index < -0.39 is 0 Å². The molecular formula is C33H43N7O4. The molecule has 11 heteroatoms. The van der Waals surface area contributed by atoms with E-state index in [2.05, 4.69) is 75.6 Å². The van der Waals surface area contributed by atoms with Crippen LogP contribution in [0, 0.1) is 11.3 Å². The Labute approximate surface area is 259 Å². The number of nitrogens with zero attached hydrogens (tertiary/aromatic N) is 6. The highest BCUT2D eigenvalue weighted by Crippen LogP contribution is 2.34. The second kappa shape index (κ2) is 14.5. The van der Waals surface area contributed by atoms with Gasteiger partial charge in [-0.3, -0.25) is 4.90 Å². The maximum absolute atomic E-state index is 9.33. The van der Waals surface area contributed by atoms with Gasteiger partial charge in [0.15, 0.2) is 0 Å². The smallest absolute Gasteiger partial charge is 0.318 e. The van der Waals surface area contributed by atoms with Gasteiger partial charge in [0, 0.05) is 61.4 Å². The zero-order valence-electron chi connectivity index (χ0n) is 25.5. The average Bonchev–Trinajstić information content (AvgIpc) is 3.41. The maximum Gasteiger partial charge on any atom is 0.318 e. The summed E-state index contributed by atoms with van der Waals surface area (Å²) in [7, 11) is 2.09. The predicted octanol–water partition coefficient (Wildman–Crippen LogP) is 2.36. The van der Waals surface area contributed by atoms with E-state index in [0.717, 1.165) is 57.1 Å². The van der Waals surface area contributed by atoms with Crippen molar-refractivity contribution >= 4 is 22.3 Å². The van der Waals surface area contributed by atoms with Crippen molar-refractivity contribution in [3.63, 3.8) is 0 Å². The summed E-state index contributed by atoms with van der Waals surface area (Å²) in [6, 6.07) is 18.0. The average molecular weight is 602 g/mol. The zero-order valence-corrected chi connectivity index (χ0v) is 25.5. The third kappa shape index (κ3) is 7.06. The highest BCUT2D eigenvalue weighted by molar-refractivity contribution is 5.94. The Kier molecular flexibility index (Phi) is 10.0. The van der Waals surface area contributed by atoms with Gasteiger partial charge in [0.05, 0.1) is 57.3 Å². The largest absolute Gasteiger partial charge is 0.462 e. The fourth-order valence-electron chi connectivity index (χ4n) is 6.62. The number of ether oxygens (including phenoxy) is 3. The highest BCUT2D eigenvalue weighted by Gasteiger charge is 2.32. The molecule has 0 amide bonds. The van der Waals surface area contributed by atoms with Crippen molar-refractivity contribution in [2.45, 2.75) is 44.0 Å². The van der Waals surface area contributed by atoms with E-state index in [-0.39, 0.29) is 24.8 Å². The van der Waals surface area contributed by atoms with E-state index in [4.69, 9.17) is 29.3 Å². The van der Waals surface area contributed by atoms with Gasteiger partial charge in [-0.25, -0.2) is 0 Å². The lowest BCUT2D eigenvalue weighted by atomic mass is 10.0. The number of aliphatic hydroxyl groups excluding tert-OH is 1. The molecule has 44 heavy (non-hydrogen) atoms. The summed E-state index contributed by atoms with van der Waals surface area (Å²) in [5.74, 6) is 0.941. The van der Waals surface area contributed by atoms with Crippen LogP contribution < -0.4 is 19.9 Å². The Morgan fingerprint density at radius 1 is 1.05 bits per heavy atom. The first-order chi connectivity index (χ1) is 21.6. The molecule has 0 bridgehead atoms. The summed E-state index contributed by atoms with van der Waals surface area (Å²) in [5.41, 5.74) is 3.40. The van der Waals surface area contributed by atoms with Gasteiger partial charge in [0.1, 0.15) is 12.4 Å². The van der Waals surface area contributed by atoms with Crippen LogP contribution in [-0.2, 0) is 22.4 Å². The van der Waals surface area contributed by atoms with Gasteiger partial charge >= 0.3 is 6.01 Å². The molecule has 2 saturated heterocycles. The Balaban J connectivity index is 1.20. The Morgan fingerprint density at radius 2 is 1.93 bits per heavy atom. The number of nitrogens with one attached hydrogen (secondary N) is 1. The molecule has 2 N–H and O–H groups in total. The standard InChI is InChI=1S/C33H43N7O4/c1-38-21-27(43-18-17-42-16-15-41)19-26(38)23-44-33-36-30-22-39(31-8-4-6-24-5-2-3-7-28(24)31)13-10-29(30)32(37-33)40-14-12-35-25(20-40)9-11-34/h2-8,25-27,35,41H,9-10,12-23H2,1H3. The Bertz CT molecular complexity index is 1440. The Morgan fingerprint density at radius 3 is 2.82 bits per heavy atom. The number of aromatic nitrogens is 2. The minimum absolute atomic E-state index is 0.0222. The third-order valence-corrected chi connectivity index (χ3v) is 8.89. The molecule has 0 saturated carbocycles. The Hall–Kier alpha value is -3.53. The van der Waals surface area contributed by atoms with Gasteiger partial charge in [-0.05, 0) is 31.3 Å². The monoisotopic (exact) mass is 601 g/mol. The van der Waals surface area contributed by atoms with Crippen LogP contribution in [0.1, 0.15) is 24.1 Å². The SMILES string of the molecule is CN1CC(OCCOCCO)CC1COc1nc2c(c(N3CCNC(CC#N)C3)n1)CCN(c1cccc3ccccc13)C2. The number of benzene rings is 2. The molecular weight excluding hydrogens is 558 g/mol. The van der Waals surface area contributed by atoms with E-state index in [9.17, 15) is 5.26 Å². The third-order valence-electron chi connectivity index (χ3n) is 8.89. The molecule has 234 valence electrons. The molecule has 11 nitrogen and oxygen atoms in total. The fraction of sp³-hybridized carbons (Fsp3) is 0.545. The quantitative estimate of drug-likeness (QED) is 0.298. The summed E-state index contributed by atoms with van der Waals surface area (Å²) in [4.78, 5) is 17.0. The maximum atomic E-state index is 9.33. The molecule has 3 aliphatic rings. The van der Waals surface area contributed by atoms with Crippen molar-refractivity contribution in [3.8, 4) is 12.1 Å². The van der Waals surface area contributed by atoms with Crippen LogP contribution in [0.2, 0.25) is 0 Å². The number of fused-ring (bicyclic) bond motifs is 2. The molecule has 0 radical (unpaired) electrons. The van der Waals surface area contributed by atoms with Crippen LogP contribution in [0.4, 0.5) is 11.5 Å². The van der Waals surface area contributed by atoms with Crippen molar-refractivity contribution < 1.29 is 19.3 Å². The minimum atomic E-state index is 0.0222. The van der Waals surface area contributed by atoms with Gasteiger partial charge in [0.25, 0.3) is 0 Å². The topological polar surface area (TPSA) is 119 Å². The van der Waals surface area contributed by atoms with E-state index in [1.165, 1.54) is 22.0 Å². The summed E-state index contributed by atoms with van der Waals surface area (Å²) >= 11 is 0. The summed E-state index contributed by atoms with van der Waals surface area (Å²) < 4.78 is 17.7. The molecule has 0 aliphatic carbocycles.